The van der Waals surface area contributed by atoms with Crippen LogP contribution < -0.4 is 0 Å². The van der Waals surface area contributed by atoms with Gasteiger partial charge in [0.15, 0.2) is 0 Å². The molecule has 1 nitrogen and oxygen atoms in total. The van der Waals surface area contributed by atoms with Gasteiger partial charge in [0.05, 0.1) is 0 Å². The summed E-state index contributed by atoms with van der Waals surface area (Å²) < 4.78 is 0. The molecule has 1 rings (SSSR count). The molecule has 0 bridgehead atoms. The molecule has 0 atom stereocenters. The molecule has 0 aliphatic rings. The Hall–Kier alpha value is -0.630. The van der Waals surface area contributed by atoms with Crippen molar-refractivity contribution in [3.05, 3.63) is 23.8 Å². The van der Waals surface area contributed by atoms with Crippen molar-refractivity contribution in [3.63, 3.8) is 0 Å². The number of hydrogen-bond acceptors (Lipinski definition) is 2. The average Bonchev–Trinajstić information content (AvgIpc) is 2.05. The molecule has 0 aliphatic carbocycles. The standard InChI is InChI=1S/C10H14OS/c1-3-4-8-5-6-10(12-2)9(11)7-8/h5-7,11H,3-4H2,1-2H3. The van der Waals surface area contributed by atoms with Crippen LogP contribution in [0, 0.1) is 0 Å². The van der Waals surface area contributed by atoms with Crippen molar-refractivity contribution in [2.45, 2.75) is 24.7 Å². The highest BCUT2D eigenvalue weighted by atomic mass is 32.2. The van der Waals surface area contributed by atoms with Crippen LogP contribution in [0.3, 0.4) is 0 Å². The van der Waals surface area contributed by atoms with E-state index in [2.05, 4.69) is 13.0 Å². The molecule has 1 N–H and O–H groups in total. The molecule has 12 heavy (non-hydrogen) atoms. The zero-order chi connectivity index (χ0) is 8.97. The van der Waals surface area contributed by atoms with E-state index in [1.165, 1.54) is 5.56 Å². The van der Waals surface area contributed by atoms with Gasteiger partial charge in [-0.2, -0.15) is 0 Å². The van der Waals surface area contributed by atoms with Crippen LogP contribution in [0.4, 0.5) is 0 Å². The predicted molar refractivity (Wildman–Crippen MR) is 53.9 cm³/mol. The van der Waals surface area contributed by atoms with Gasteiger partial charge in [0.1, 0.15) is 5.75 Å². The molecule has 0 fully saturated rings. The van der Waals surface area contributed by atoms with Crippen LogP contribution in [0.1, 0.15) is 18.9 Å². The minimum atomic E-state index is 0.411. The van der Waals surface area contributed by atoms with Gasteiger partial charge >= 0.3 is 0 Å². The topological polar surface area (TPSA) is 20.2 Å². The Bertz CT molecular complexity index is 258. The number of thioether (sulfide) groups is 1. The van der Waals surface area contributed by atoms with E-state index in [1.54, 1.807) is 11.8 Å². The lowest BCUT2D eigenvalue weighted by molar-refractivity contribution is 0.461. The van der Waals surface area contributed by atoms with Gasteiger partial charge in [0.2, 0.25) is 0 Å². The van der Waals surface area contributed by atoms with E-state index in [0.717, 1.165) is 17.7 Å². The predicted octanol–water partition coefficient (Wildman–Crippen LogP) is 3.07. The smallest absolute Gasteiger partial charge is 0.129 e. The fourth-order valence-electron chi connectivity index (χ4n) is 1.18. The van der Waals surface area contributed by atoms with Crippen LogP contribution in [0.15, 0.2) is 23.1 Å². The summed E-state index contributed by atoms with van der Waals surface area (Å²) in [7, 11) is 0. The molecule has 0 saturated heterocycles. The Labute approximate surface area is 77.8 Å². The van der Waals surface area contributed by atoms with Crippen molar-refractivity contribution >= 4 is 11.8 Å². The number of benzene rings is 1. The van der Waals surface area contributed by atoms with Gasteiger partial charge in [-0.05, 0) is 30.4 Å². The lowest BCUT2D eigenvalue weighted by Gasteiger charge is -2.03. The molecule has 0 aromatic heterocycles. The molecule has 0 spiro atoms. The van der Waals surface area contributed by atoms with Crippen LogP contribution in [-0.4, -0.2) is 11.4 Å². The maximum absolute atomic E-state index is 9.50. The number of phenolic OH excluding ortho intramolecular Hbond substituents is 1. The van der Waals surface area contributed by atoms with E-state index in [1.807, 2.05) is 18.4 Å². The largest absolute Gasteiger partial charge is 0.507 e. The highest BCUT2D eigenvalue weighted by molar-refractivity contribution is 7.98. The molecule has 0 saturated carbocycles. The molecule has 66 valence electrons. The zero-order valence-electron chi connectivity index (χ0n) is 7.50. The maximum atomic E-state index is 9.50. The van der Waals surface area contributed by atoms with Gasteiger partial charge < -0.3 is 5.11 Å². The van der Waals surface area contributed by atoms with Crippen molar-refractivity contribution in [1.29, 1.82) is 0 Å². The second-order valence-electron chi connectivity index (χ2n) is 2.76. The summed E-state index contributed by atoms with van der Waals surface area (Å²) >= 11 is 1.57. The Kier molecular flexibility index (Phi) is 3.48. The fourth-order valence-corrected chi connectivity index (χ4v) is 1.65. The van der Waals surface area contributed by atoms with Gasteiger partial charge in [-0.3, -0.25) is 0 Å². The maximum Gasteiger partial charge on any atom is 0.129 e. The van der Waals surface area contributed by atoms with E-state index in [9.17, 15) is 5.11 Å². The third kappa shape index (κ3) is 2.18. The summed E-state index contributed by atoms with van der Waals surface area (Å²) in [4.78, 5) is 0.954. The lowest BCUT2D eigenvalue weighted by Crippen LogP contribution is -1.83. The van der Waals surface area contributed by atoms with Crippen molar-refractivity contribution in [3.8, 4) is 5.75 Å². The summed E-state index contributed by atoms with van der Waals surface area (Å²) in [6.45, 7) is 2.14. The first-order chi connectivity index (χ1) is 5.77. The van der Waals surface area contributed by atoms with Gasteiger partial charge in [-0.25, -0.2) is 0 Å². The van der Waals surface area contributed by atoms with Crippen LogP contribution >= 0.6 is 11.8 Å². The van der Waals surface area contributed by atoms with Crippen molar-refractivity contribution in [2.24, 2.45) is 0 Å². The normalized spacial score (nSPS) is 10.2. The van der Waals surface area contributed by atoms with E-state index in [-0.39, 0.29) is 0 Å². The SMILES string of the molecule is CCCc1ccc(SC)c(O)c1. The fraction of sp³-hybridized carbons (Fsp3) is 0.400. The Balaban J connectivity index is 2.86. The van der Waals surface area contributed by atoms with Gasteiger partial charge in [-0.15, -0.1) is 11.8 Å². The first-order valence-corrected chi connectivity index (χ1v) is 5.36. The Morgan fingerprint density at radius 1 is 1.42 bits per heavy atom. The van der Waals surface area contributed by atoms with E-state index >= 15 is 0 Å². The molecular formula is C10H14OS. The van der Waals surface area contributed by atoms with Crippen LogP contribution in [-0.2, 0) is 6.42 Å². The quantitative estimate of drug-likeness (QED) is 0.725. The monoisotopic (exact) mass is 182 g/mol. The first-order valence-electron chi connectivity index (χ1n) is 4.13. The highest BCUT2D eigenvalue weighted by Crippen LogP contribution is 2.27. The van der Waals surface area contributed by atoms with E-state index < -0.39 is 0 Å². The second-order valence-corrected chi connectivity index (χ2v) is 3.60. The summed E-state index contributed by atoms with van der Waals surface area (Å²) in [5, 5.41) is 9.50. The van der Waals surface area contributed by atoms with Crippen molar-refractivity contribution in [2.75, 3.05) is 6.26 Å². The molecule has 0 aliphatic heterocycles. The van der Waals surface area contributed by atoms with Crippen LogP contribution in [0.5, 0.6) is 5.75 Å². The molecule has 1 aromatic carbocycles. The Morgan fingerprint density at radius 2 is 2.17 bits per heavy atom. The number of aromatic hydroxyl groups is 1. The number of rotatable bonds is 3. The third-order valence-electron chi connectivity index (χ3n) is 1.78. The summed E-state index contributed by atoms with van der Waals surface area (Å²) in [5.41, 5.74) is 1.22. The number of hydrogen-bond donors (Lipinski definition) is 1. The van der Waals surface area contributed by atoms with Crippen LogP contribution in [0.2, 0.25) is 0 Å². The van der Waals surface area contributed by atoms with Crippen LogP contribution in [0.25, 0.3) is 0 Å². The first kappa shape index (κ1) is 9.46. The minimum absolute atomic E-state index is 0.411. The zero-order valence-corrected chi connectivity index (χ0v) is 8.32. The average molecular weight is 182 g/mol. The lowest BCUT2D eigenvalue weighted by atomic mass is 10.1. The number of aryl methyl sites for hydroxylation is 1. The van der Waals surface area contributed by atoms with Crippen molar-refractivity contribution in [1.82, 2.24) is 0 Å². The highest BCUT2D eigenvalue weighted by Gasteiger charge is 1.99. The Morgan fingerprint density at radius 3 is 2.67 bits per heavy atom. The summed E-state index contributed by atoms with van der Waals surface area (Å²) in [6.07, 6.45) is 4.13. The molecule has 0 amide bonds. The molecule has 0 heterocycles. The molecule has 0 unspecified atom stereocenters. The summed E-state index contributed by atoms with van der Waals surface area (Å²) in [5.74, 6) is 0.411. The summed E-state index contributed by atoms with van der Waals surface area (Å²) in [6, 6.07) is 5.91. The van der Waals surface area contributed by atoms with Gasteiger partial charge in [0, 0.05) is 4.90 Å². The van der Waals surface area contributed by atoms with Crippen molar-refractivity contribution < 1.29 is 5.11 Å². The van der Waals surface area contributed by atoms with E-state index in [4.69, 9.17) is 0 Å². The number of phenols is 1. The minimum Gasteiger partial charge on any atom is -0.507 e. The van der Waals surface area contributed by atoms with Gasteiger partial charge in [-0.1, -0.05) is 19.4 Å². The third-order valence-corrected chi connectivity index (χ3v) is 2.57. The van der Waals surface area contributed by atoms with Gasteiger partial charge in [0.25, 0.3) is 0 Å². The van der Waals surface area contributed by atoms with E-state index in [0.29, 0.717) is 5.75 Å². The second kappa shape index (κ2) is 4.41. The molecule has 1 aromatic rings. The molecule has 0 radical (unpaired) electrons. The molecule has 2 heteroatoms. The molecular weight excluding hydrogens is 168 g/mol.